The molecule has 0 bridgehead atoms. The third-order valence-corrected chi connectivity index (χ3v) is 8.81. The molecule has 1 aromatic rings. The third-order valence-electron chi connectivity index (χ3n) is 8.81. The molecule has 0 aromatic heterocycles. The Hall–Kier alpha value is -0.900. The van der Waals surface area contributed by atoms with E-state index in [0.29, 0.717) is 17.4 Å². The molecule has 3 fully saturated rings. The molecule has 5 unspecified atom stereocenters. The summed E-state index contributed by atoms with van der Waals surface area (Å²) in [6, 6.07) is 7.19. The van der Waals surface area contributed by atoms with Crippen LogP contribution in [0.4, 0.5) is 0 Å². The molecule has 0 N–H and O–H groups in total. The number of ether oxygens (including phenoxy) is 3. The Balaban J connectivity index is 1.40. The maximum Gasteiger partial charge on any atom is 0.157 e. The van der Waals surface area contributed by atoms with Gasteiger partial charge in [-0.1, -0.05) is 30.7 Å². The van der Waals surface area contributed by atoms with Crippen molar-refractivity contribution in [3.63, 3.8) is 0 Å². The molecule has 3 nitrogen and oxygen atoms in total. The van der Waals surface area contributed by atoms with Gasteiger partial charge in [-0.2, -0.15) is 0 Å². The molecule has 1 saturated heterocycles. The minimum atomic E-state index is 0.0401. The molecule has 7 atom stereocenters. The van der Waals surface area contributed by atoms with E-state index >= 15 is 0 Å². The van der Waals surface area contributed by atoms with Gasteiger partial charge in [0.15, 0.2) is 6.29 Å². The molecule has 1 heterocycles. The molecule has 2 saturated carbocycles. The molecule has 1 aromatic carbocycles. The first-order valence-corrected chi connectivity index (χ1v) is 12.0. The molecule has 0 radical (unpaired) electrons. The highest BCUT2D eigenvalue weighted by Gasteiger charge is 2.56. The maximum atomic E-state index is 6.62. The molecule has 4 aliphatic rings. The molecular formula is C26H38O3. The lowest BCUT2D eigenvalue weighted by molar-refractivity contribution is -0.213. The monoisotopic (exact) mass is 398 g/mol. The minimum Gasteiger partial charge on any atom is -0.384 e. The number of aryl methyl sites for hydroxylation is 1. The average Bonchev–Trinajstić information content (AvgIpc) is 3.05. The van der Waals surface area contributed by atoms with Gasteiger partial charge in [-0.25, -0.2) is 0 Å². The second-order valence-corrected chi connectivity index (χ2v) is 10.4. The highest BCUT2D eigenvalue weighted by molar-refractivity contribution is 5.40. The Morgan fingerprint density at radius 2 is 2.00 bits per heavy atom. The summed E-state index contributed by atoms with van der Waals surface area (Å²) in [6.45, 7) is 6.47. The van der Waals surface area contributed by atoms with Gasteiger partial charge in [-0.3, -0.25) is 0 Å². The van der Waals surface area contributed by atoms with Crippen LogP contribution in [-0.2, 0) is 14.2 Å². The van der Waals surface area contributed by atoms with Crippen LogP contribution in [0.15, 0.2) is 18.2 Å². The zero-order valence-electron chi connectivity index (χ0n) is 18.5. The van der Waals surface area contributed by atoms with Gasteiger partial charge >= 0.3 is 0 Å². The van der Waals surface area contributed by atoms with Crippen molar-refractivity contribution < 1.29 is 14.2 Å². The van der Waals surface area contributed by atoms with E-state index in [-0.39, 0.29) is 6.29 Å². The summed E-state index contributed by atoms with van der Waals surface area (Å²) in [5.41, 5.74) is 4.88. The third kappa shape index (κ3) is 3.47. The van der Waals surface area contributed by atoms with E-state index in [1.807, 2.05) is 7.11 Å². The van der Waals surface area contributed by atoms with Gasteiger partial charge in [0.05, 0.1) is 12.7 Å². The largest absolute Gasteiger partial charge is 0.384 e. The van der Waals surface area contributed by atoms with Crippen LogP contribution in [0.1, 0.15) is 86.8 Å². The van der Waals surface area contributed by atoms with Gasteiger partial charge in [0.2, 0.25) is 0 Å². The molecule has 160 valence electrons. The molecule has 3 heteroatoms. The summed E-state index contributed by atoms with van der Waals surface area (Å²) in [4.78, 5) is 0. The topological polar surface area (TPSA) is 27.7 Å². The summed E-state index contributed by atoms with van der Waals surface area (Å²) in [5.74, 6) is 2.80. The van der Waals surface area contributed by atoms with Crippen LogP contribution in [0.5, 0.6) is 0 Å². The normalized spacial score (nSPS) is 41.5. The van der Waals surface area contributed by atoms with Crippen LogP contribution in [0, 0.1) is 24.2 Å². The van der Waals surface area contributed by atoms with Crippen molar-refractivity contribution in [3.8, 4) is 0 Å². The minimum absolute atomic E-state index is 0.0401. The second-order valence-electron chi connectivity index (χ2n) is 10.4. The van der Waals surface area contributed by atoms with Crippen molar-refractivity contribution >= 4 is 0 Å². The van der Waals surface area contributed by atoms with E-state index in [0.717, 1.165) is 37.4 Å². The number of methoxy groups -OCH3 is 1. The maximum absolute atomic E-state index is 6.62. The smallest absolute Gasteiger partial charge is 0.157 e. The zero-order chi connectivity index (χ0) is 20.0. The Morgan fingerprint density at radius 1 is 1.10 bits per heavy atom. The van der Waals surface area contributed by atoms with Gasteiger partial charge in [-0.05, 0) is 92.6 Å². The lowest BCUT2D eigenvalue weighted by Crippen LogP contribution is -2.46. The van der Waals surface area contributed by atoms with Crippen molar-refractivity contribution in [2.24, 2.45) is 17.3 Å². The van der Waals surface area contributed by atoms with Crippen LogP contribution in [0.2, 0.25) is 0 Å². The number of hydrogen-bond donors (Lipinski definition) is 0. The van der Waals surface area contributed by atoms with Crippen LogP contribution in [0.3, 0.4) is 0 Å². The highest BCUT2D eigenvalue weighted by Crippen LogP contribution is 2.63. The van der Waals surface area contributed by atoms with Gasteiger partial charge in [-0.15, -0.1) is 0 Å². The first kappa shape index (κ1) is 20.0. The van der Waals surface area contributed by atoms with E-state index in [9.17, 15) is 0 Å². The van der Waals surface area contributed by atoms with E-state index < -0.39 is 0 Å². The van der Waals surface area contributed by atoms with Crippen molar-refractivity contribution in [2.75, 3.05) is 20.3 Å². The molecule has 5 rings (SSSR count). The summed E-state index contributed by atoms with van der Waals surface area (Å²) in [5, 5.41) is 0. The number of fused-ring (bicyclic) bond motifs is 5. The zero-order valence-corrected chi connectivity index (χ0v) is 18.5. The van der Waals surface area contributed by atoms with Crippen LogP contribution < -0.4 is 0 Å². The van der Waals surface area contributed by atoms with Gasteiger partial charge in [0, 0.05) is 19.6 Å². The van der Waals surface area contributed by atoms with Crippen LogP contribution in [-0.4, -0.2) is 32.7 Å². The summed E-state index contributed by atoms with van der Waals surface area (Å²) < 4.78 is 18.2. The number of benzene rings is 1. The molecule has 0 spiro atoms. The van der Waals surface area contributed by atoms with E-state index in [1.165, 1.54) is 50.5 Å². The van der Waals surface area contributed by atoms with E-state index in [1.54, 1.807) is 11.1 Å². The van der Waals surface area contributed by atoms with Crippen molar-refractivity contribution in [1.82, 2.24) is 0 Å². The summed E-state index contributed by atoms with van der Waals surface area (Å²) in [7, 11) is 1.86. The molecule has 3 aliphatic carbocycles. The van der Waals surface area contributed by atoms with Crippen molar-refractivity contribution in [3.05, 3.63) is 34.9 Å². The summed E-state index contributed by atoms with van der Waals surface area (Å²) >= 11 is 0. The molecule has 29 heavy (non-hydrogen) atoms. The highest BCUT2D eigenvalue weighted by atomic mass is 16.7. The Morgan fingerprint density at radius 3 is 2.79 bits per heavy atom. The second kappa shape index (κ2) is 7.98. The summed E-state index contributed by atoms with van der Waals surface area (Å²) in [6.07, 6.45) is 10.3. The van der Waals surface area contributed by atoms with Gasteiger partial charge in [0.1, 0.15) is 0 Å². The van der Waals surface area contributed by atoms with Gasteiger partial charge < -0.3 is 14.2 Å². The Bertz CT molecular complexity index is 725. The van der Waals surface area contributed by atoms with Gasteiger partial charge in [0.25, 0.3) is 0 Å². The molecule has 1 aliphatic heterocycles. The van der Waals surface area contributed by atoms with Crippen LogP contribution in [0.25, 0.3) is 0 Å². The number of hydrogen-bond acceptors (Lipinski definition) is 3. The lowest BCUT2D eigenvalue weighted by Gasteiger charge is -2.52. The molecular weight excluding hydrogens is 360 g/mol. The predicted molar refractivity (Wildman–Crippen MR) is 115 cm³/mol. The fraction of sp³-hybridized carbons (Fsp3) is 0.769. The molecule has 0 amide bonds. The van der Waals surface area contributed by atoms with E-state index in [2.05, 4.69) is 32.0 Å². The first-order valence-electron chi connectivity index (χ1n) is 12.0. The van der Waals surface area contributed by atoms with Crippen molar-refractivity contribution in [1.29, 1.82) is 0 Å². The van der Waals surface area contributed by atoms with Crippen LogP contribution >= 0.6 is 0 Å². The van der Waals surface area contributed by atoms with E-state index in [4.69, 9.17) is 14.2 Å². The standard InChI is InChI=1S/C26H38O3/c1-17-7-8-19-20-11-12-26(2)23(22(20)15-18(16-27-3)21(19)14-17)9-10-24(26)29-25-6-4-5-13-28-25/h7-8,14,18,20,22-25H,4-6,9-13,15-16H2,1-3H3/t18?,20?,22?,23?,24-,25?,26-/m0/s1. The quantitative estimate of drug-likeness (QED) is 0.627. The average molecular weight is 399 g/mol. The Labute approximate surface area is 176 Å². The first-order chi connectivity index (χ1) is 14.1. The Kier molecular flexibility index (Phi) is 5.51. The fourth-order valence-electron chi connectivity index (χ4n) is 7.38. The SMILES string of the molecule is COCC1CC2C(CC[C@@]3(C)C2CC[C@@H]3OC2CCCCO2)c2ccc(C)cc21. The predicted octanol–water partition coefficient (Wildman–Crippen LogP) is 5.95. The lowest BCUT2D eigenvalue weighted by atomic mass is 9.54. The number of rotatable bonds is 4. The fourth-order valence-corrected chi connectivity index (χ4v) is 7.38. The van der Waals surface area contributed by atoms with Crippen molar-refractivity contribution in [2.45, 2.75) is 89.4 Å².